The van der Waals surface area contributed by atoms with Gasteiger partial charge in [-0.25, -0.2) is 0 Å². The SMILES string of the molecule is C[S-](=O)=NC(C)(C)C. The van der Waals surface area contributed by atoms with E-state index in [1.54, 1.807) is 6.26 Å². The molecule has 50 valence electrons. The summed E-state index contributed by atoms with van der Waals surface area (Å²) in [6, 6.07) is 0. The quantitative estimate of drug-likeness (QED) is 0.462. The third-order valence-corrected chi connectivity index (χ3v) is 1.21. The lowest BCUT2D eigenvalue weighted by Crippen LogP contribution is -2.08. The summed E-state index contributed by atoms with van der Waals surface area (Å²) in [6.07, 6.45) is 1.57. The Kier molecular flexibility index (Phi) is 2.47. The van der Waals surface area contributed by atoms with Gasteiger partial charge in [-0.05, 0) is 20.8 Å². The fourth-order valence-corrected chi connectivity index (χ4v) is 1.16. The maximum absolute atomic E-state index is 10.4. The van der Waals surface area contributed by atoms with Crippen LogP contribution in [0, 0.1) is 0 Å². The first kappa shape index (κ1) is 7.95. The Morgan fingerprint density at radius 2 is 1.75 bits per heavy atom. The largest absolute Gasteiger partial charge is 0.445 e. The molecule has 0 amide bonds. The van der Waals surface area contributed by atoms with Crippen LogP contribution in [0.4, 0.5) is 0 Å². The van der Waals surface area contributed by atoms with Gasteiger partial charge < -0.3 is 8.57 Å². The molecule has 0 aliphatic heterocycles. The fourth-order valence-electron chi connectivity index (χ4n) is 0.386. The van der Waals surface area contributed by atoms with Crippen LogP contribution in [-0.4, -0.2) is 11.8 Å². The van der Waals surface area contributed by atoms with Crippen LogP contribution < -0.4 is 0 Å². The molecule has 0 fully saturated rings. The van der Waals surface area contributed by atoms with Gasteiger partial charge in [0.15, 0.2) is 0 Å². The van der Waals surface area contributed by atoms with Gasteiger partial charge in [-0.15, -0.1) is 6.26 Å². The summed E-state index contributed by atoms with van der Waals surface area (Å²) in [7, 11) is -1.01. The van der Waals surface area contributed by atoms with Gasteiger partial charge in [0, 0.05) is 5.54 Å². The van der Waals surface area contributed by atoms with Gasteiger partial charge >= 0.3 is 0 Å². The second kappa shape index (κ2) is 2.49. The lowest BCUT2D eigenvalue weighted by atomic mass is 10.1. The minimum atomic E-state index is -1.01. The first-order valence-electron chi connectivity index (χ1n) is 2.48. The van der Waals surface area contributed by atoms with Crippen molar-refractivity contribution in [3.05, 3.63) is 0 Å². The summed E-state index contributed by atoms with van der Waals surface area (Å²) in [5, 5.41) is 0. The van der Waals surface area contributed by atoms with Gasteiger partial charge in [-0.2, -0.15) is 10.6 Å². The molecule has 0 spiro atoms. The number of hydrogen-bond donors (Lipinski definition) is 0. The highest BCUT2D eigenvalue weighted by atomic mass is 32.2. The zero-order valence-electron chi connectivity index (χ0n) is 5.76. The molecule has 0 heterocycles. The molecular weight excluding hydrogens is 122 g/mol. The average molecular weight is 134 g/mol. The minimum absolute atomic E-state index is 0.153. The van der Waals surface area contributed by atoms with Crippen molar-refractivity contribution in [3.63, 3.8) is 0 Å². The van der Waals surface area contributed by atoms with Crippen LogP contribution in [-0.2, 0) is 14.8 Å². The van der Waals surface area contributed by atoms with E-state index < -0.39 is 10.6 Å². The van der Waals surface area contributed by atoms with Crippen LogP contribution in [0.5, 0.6) is 0 Å². The van der Waals surface area contributed by atoms with Crippen LogP contribution in [0.2, 0.25) is 0 Å². The normalized spacial score (nSPS) is 16.5. The standard InChI is InChI=1S/C5H12NOS/c1-5(2,3)6-8(4)7/h1-4H3/q-1. The zero-order chi connectivity index (χ0) is 6.78. The van der Waals surface area contributed by atoms with Gasteiger partial charge in [-0.3, -0.25) is 0 Å². The molecule has 0 aromatic heterocycles. The van der Waals surface area contributed by atoms with E-state index >= 15 is 0 Å². The van der Waals surface area contributed by atoms with Gasteiger partial charge in [-0.1, -0.05) is 0 Å². The van der Waals surface area contributed by atoms with E-state index in [9.17, 15) is 4.21 Å². The molecule has 0 saturated heterocycles. The summed E-state index contributed by atoms with van der Waals surface area (Å²) >= 11 is 0. The molecule has 0 saturated carbocycles. The molecule has 0 aromatic carbocycles. The highest BCUT2D eigenvalue weighted by Crippen LogP contribution is 2.05. The van der Waals surface area contributed by atoms with E-state index in [0.717, 1.165) is 0 Å². The lowest BCUT2D eigenvalue weighted by Gasteiger charge is -2.15. The fraction of sp³-hybridized carbons (Fsp3) is 1.00. The van der Waals surface area contributed by atoms with Crippen molar-refractivity contribution in [2.45, 2.75) is 26.3 Å². The molecule has 3 heteroatoms. The Morgan fingerprint density at radius 1 is 1.38 bits per heavy atom. The number of rotatable bonds is 0. The molecule has 8 heavy (non-hydrogen) atoms. The van der Waals surface area contributed by atoms with E-state index in [1.807, 2.05) is 20.8 Å². The summed E-state index contributed by atoms with van der Waals surface area (Å²) in [6.45, 7) is 5.78. The van der Waals surface area contributed by atoms with Crippen LogP contribution in [0.1, 0.15) is 20.8 Å². The molecule has 0 aliphatic carbocycles. The summed E-state index contributed by atoms with van der Waals surface area (Å²) in [4.78, 5) is 0. The Bertz CT molecular complexity index is 139. The van der Waals surface area contributed by atoms with Gasteiger partial charge in [0.05, 0.1) is 0 Å². The van der Waals surface area contributed by atoms with Crippen LogP contribution in [0.25, 0.3) is 0 Å². The Balaban J connectivity index is 4.10. The van der Waals surface area contributed by atoms with E-state index in [2.05, 4.69) is 4.36 Å². The molecule has 0 atom stereocenters. The third-order valence-electron chi connectivity index (χ3n) is 0.402. The van der Waals surface area contributed by atoms with E-state index in [1.165, 1.54) is 0 Å². The summed E-state index contributed by atoms with van der Waals surface area (Å²) in [5.74, 6) is 0. The number of hydrogen-bond acceptors (Lipinski definition) is 3. The molecule has 2 nitrogen and oxygen atoms in total. The van der Waals surface area contributed by atoms with Crippen molar-refractivity contribution >= 4 is 10.6 Å². The van der Waals surface area contributed by atoms with Crippen molar-refractivity contribution in [2.24, 2.45) is 4.36 Å². The molecule has 0 radical (unpaired) electrons. The van der Waals surface area contributed by atoms with Gasteiger partial charge in [0.1, 0.15) is 0 Å². The van der Waals surface area contributed by atoms with Gasteiger partial charge in [0.2, 0.25) is 0 Å². The molecule has 0 unspecified atom stereocenters. The number of nitrogens with zero attached hydrogens (tertiary/aromatic N) is 1. The third kappa shape index (κ3) is 5.95. The maximum Gasteiger partial charge on any atom is 0.0265 e. The monoisotopic (exact) mass is 134 g/mol. The zero-order valence-corrected chi connectivity index (χ0v) is 6.58. The van der Waals surface area contributed by atoms with Crippen molar-refractivity contribution in [1.29, 1.82) is 0 Å². The van der Waals surface area contributed by atoms with E-state index in [0.29, 0.717) is 0 Å². The molecule has 0 aromatic rings. The average Bonchev–Trinajstić information content (AvgIpc) is 1.21. The molecule has 0 aliphatic rings. The molecule has 0 N–H and O–H groups in total. The Hall–Kier alpha value is -0.0500. The van der Waals surface area contributed by atoms with Gasteiger partial charge in [0.25, 0.3) is 0 Å². The van der Waals surface area contributed by atoms with E-state index in [4.69, 9.17) is 0 Å². The van der Waals surface area contributed by atoms with E-state index in [-0.39, 0.29) is 5.54 Å². The first-order valence-corrected chi connectivity index (χ1v) is 4.00. The predicted molar refractivity (Wildman–Crippen MR) is 36.2 cm³/mol. The summed E-state index contributed by atoms with van der Waals surface area (Å²) in [5.41, 5.74) is -0.153. The molecule has 0 rings (SSSR count). The minimum Gasteiger partial charge on any atom is -0.445 e. The van der Waals surface area contributed by atoms with Crippen LogP contribution in [0.3, 0.4) is 0 Å². The van der Waals surface area contributed by atoms with Crippen molar-refractivity contribution in [3.8, 4) is 0 Å². The Morgan fingerprint density at radius 3 is 1.75 bits per heavy atom. The summed E-state index contributed by atoms with van der Waals surface area (Å²) < 4.78 is 14.3. The van der Waals surface area contributed by atoms with Crippen molar-refractivity contribution in [1.82, 2.24) is 0 Å². The molecule has 0 bridgehead atoms. The second-order valence-corrected chi connectivity index (χ2v) is 3.72. The van der Waals surface area contributed by atoms with Crippen LogP contribution >= 0.6 is 0 Å². The Labute approximate surface area is 52.5 Å². The smallest absolute Gasteiger partial charge is 0.0265 e. The maximum atomic E-state index is 10.4. The first-order chi connectivity index (χ1) is 3.42. The second-order valence-electron chi connectivity index (χ2n) is 2.69. The van der Waals surface area contributed by atoms with Crippen molar-refractivity contribution in [2.75, 3.05) is 6.26 Å². The highest BCUT2D eigenvalue weighted by molar-refractivity contribution is 7.74. The topological polar surface area (TPSA) is 29.4 Å². The predicted octanol–water partition coefficient (Wildman–Crippen LogP) is 1.56. The lowest BCUT2D eigenvalue weighted by molar-refractivity contribution is 0.569. The van der Waals surface area contributed by atoms with Crippen LogP contribution in [0.15, 0.2) is 4.36 Å². The van der Waals surface area contributed by atoms with Crippen molar-refractivity contribution < 1.29 is 4.21 Å². The highest BCUT2D eigenvalue weighted by Gasteiger charge is 1.99. The molecular formula is C5H12NOS-.